The minimum atomic E-state index is -4.67. The molecular formula is C49H90N3O11P. The Bertz CT molecular complexity index is 1330. The van der Waals surface area contributed by atoms with Crippen LogP contribution in [0.2, 0.25) is 0 Å². The Hall–Kier alpha value is -3.06. The molecule has 14 nitrogen and oxygen atoms in total. The number of unbranched alkanes of at least 4 members (excludes halogenated alkanes) is 22. The van der Waals surface area contributed by atoms with Crippen molar-refractivity contribution < 1.29 is 52.0 Å². The second-order valence-corrected chi connectivity index (χ2v) is 18.5. The van der Waals surface area contributed by atoms with Gasteiger partial charge in [-0.15, -0.1) is 0 Å². The Morgan fingerprint density at radius 3 is 1.44 bits per heavy atom. The van der Waals surface area contributed by atoms with Gasteiger partial charge < -0.3 is 30.3 Å². The largest absolute Gasteiger partial charge is 0.472 e. The molecule has 0 spiro atoms. The number of hydrogen-bond acceptors (Lipinski definition) is 10. The molecule has 64 heavy (non-hydrogen) atoms. The number of amides is 3. The molecule has 0 radical (unpaired) electrons. The average Bonchev–Trinajstić information content (AvgIpc) is 3.25. The van der Waals surface area contributed by atoms with Crippen molar-refractivity contribution >= 4 is 37.5 Å². The summed E-state index contributed by atoms with van der Waals surface area (Å²) in [6.45, 7) is 7.16. The first kappa shape index (κ1) is 60.9. The van der Waals surface area contributed by atoms with Gasteiger partial charge in [-0.05, 0) is 78.1 Å². The van der Waals surface area contributed by atoms with Gasteiger partial charge in [0, 0.05) is 26.3 Å². The molecular weight excluding hydrogens is 838 g/mol. The first-order valence-electron chi connectivity index (χ1n) is 24.9. The summed E-state index contributed by atoms with van der Waals surface area (Å²) in [7, 11) is -4.67. The number of hydrogen-bond donors (Lipinski definition) is 4. The summed E-state index contributed by atoms with van der Waals surface area (Å²) in [5.41, 5.74) is 0. The Labute approximate surface area is 387 Å². The van der Waals surface area contributed by atoms with E-state index in [4.69, 9.17) is 18.5 Å². The van der Waals surface area contributed by atoms with Crippen LogP contribution >= 0.6 is 7.82 Å². The number of phosphoric acid groups is 1. The van der Waals surface area contributed by atoms with Crippen LogP contribution in [0.1, 0.15) is 214 Å². The highest BCUT2D eigenvalue weighted by Crippen LogP contribution is 2.43. The summed E-state index contributed by atoms with van der Waals surface area (Å²) in [5.74, 6) is -2.51. The quantitative estimate of drug-likeness (QED) is 0.0196. The molecule has 3 amide bonds. The van der Waals surface area contributed by atoms with Crippen molar-refractivity contribution in [1.29, 1.82) is 0 Å². The molecule has 4 N–H and O–H groups in total. The maximum absolute atomic E-state index is 12.8. The van der Waals surface area contributed by atoms with Crippen LogP contribution in [0.5, 0.6) is 0 Å². The summed E-state index contributed by atoms with van der Waals surface area (Å²) in [5, 5.41) is 7.37. The van der Waals surface area contributed by atoms with Crippen molar-refractivity contribution in [1.82, 2.24) is 16.0 Å². The number of phosphoric ester groups is 1. The molecule has 0 aromatic heterocycles. The number of rotatable bonds is 44. The molecule has 0 rings (SSSR count). The minimum absolute atomic E-state index is 0.148. The number of esters is 2. The Morgan fingerprint density at radius 1 is 0.547 bits per heavy atom. The highest BCUT2D eigenvalue weighted by molar-refractivity contribution is 7.47. The van der Waals surface area contributed by atoms with Gasteiger partial charge in [0.05, 0.1) is 13.2 Å². The Balaban J connectivity index is 4.73. The van der Waals surface area contributed by atoms with E-state index >= 15 is 0 Å². The van der Waals surface area contributed by atoms with Gasteiger partial charge in [-0.25, -0.2) is 4.57 Å². The lowest BCUT2D eigenvalue weighted by atomic mass is 10.1. The topological polar surface area (TPSA) is 196 Å². The van der Waals surface area contributed by atoms with Crippen molar-refractivity contribution in [2.75, 3.05) is 26.4 Å². The normalized spacial score (nSPS) is 13.9. The monoisotopic (exact) mass is 928 g/mol. The lowest BCUT2D eigenvalue weighted by molar-refractivity contribution is -0.161. The highest BCUT2D eigenvalue weighted by atomic mass is 31.2. The first-order chi connectivity index (χ1) is 30.8. The van der Waals surface area contributed by atoms with Gasteiger partial charge in [0.15, 0.2) is 6.10 Å². The van der Waals surface area contributed by atoms with E-state index in [1.54, 1.807) is 0 Å². The number of allylic oxidation sites excluding steroid dienone is 4. The van der Waals surface area contributed by atoms with Crippen molar-refractivity contribution in [3.63, 3.8) is 0 Å². The molecule has 0 saturated carbocycles. The first-order valence-corrected chi connectivity index (χ1v) is 26.4. The van der Waals surface area contributed by atoms with E-state index in [1.807, 2.05) is 0 Å². The fraction of sp³-hybridized carbons (Fsp3) is 0.816. The molecule has 0 saturated heterocycles. The molecule has 0 bridgehead atoms. The average molecular weight is 928 g/mol. The third-order valence-corrected chi connectivity index (χ3v) is 11.6. The zero-order valence-corrected chi connectivity index (χ0v) is 41.5. The standard InChI is InChI=1S/C49H90N3O11P/c1-6-8-10-12-14-16-18-20-22-24-26-28-30-32-34-36-46(54)60-40-45(63-47(55)37-35-33-31-29-27-25-23-21-19-17-15-13-11-9-7-2)41-62-64(58,59)61-39-38-50-48(56)42(3)52-49(57)43(4)51-44(5)53/h20-23,42-43,45H,6-19,24-41H2,1-5H3,(H,50,56)(H,51,53)(H,52,57)(H,58,59)/b22-20-,23-21-/t42-,43-,45?/m0/s1. The number of nitrogens with one attached hydrogen (secondary N) is 3. The lowest BCUT2D eigenvalue weighted by Crippen LogP contribution is -2.51. The van der Waals surface area contributed by atoms with Gasteiger partial charge in [0.1, 0.15) is 18.7 Å². The van der Waals surface area contributed by atoms with Crippen LogP contribution < -0.4 is 16.0 Å². The molecule has 0 fully saturated rings. The van der Waals surface area contributed by atoms with Crippen LogP contribution in [0.4, 0.5) is 0 Å². The Morgan fingerprint density at radius 2 is 0.969 bits per heavy atom. The SMILES string of the molecule is CCCCCCCC/C=C\CCCCCCCC(=O)OCC(COP(=O)(O)OCCNC(=O)[C@H](C)NC(=O)[C@H](C)NC(C)=O)OC(=O)CCCCCCC/C=C\CCCCCCCC. The molecule has 15 heteroatoms. The smallest absolute Gasteiger partial charge is 0.462 e. The molecule has 0 aliphatic carbocycles. The predicted octanol–water partition coefficient (Wildman–Crippen LogP) is 10.8. The van der Waals surface area contributed by atoms with Crippen LogP contribution in [0, 0.1) is 0 Å². The summed E-state index contributed by atoms with van der Waals surface area (Å²) in [6, 6.07) is -1.80. The third-order valence-electron chi connectivity index (χ3n) is 10.7. The van der Waals surface area contributed by atoms with Gasteiger partial charge in [-0.3, -0.25) is 33.0 Å². The lowest BCUT2D eigenvalue weighted by Gasteiger charge is -2.20. The van der Waals surface area contributed by atoms with Crippen LogP contribution in [-0.2, 0) is 47.1 Å². The fourth-order valence-electron chi connectivity index (χ4n) is 6.78. The predicted molar refractivity (Wildman–Crippen MR) is 255 cm³/mol. The second kappa shape index (κ2) is 42.6. The molecule has 372 valence electrons. The molecule has 2 unspecified atom stereocenters. The van der Waals surface area contributed by atoms with E-state index < -0.39 is 68.9 Å². The van der Waals surface area contributed by atoms with E-state index in [0.29, 0.717) is 12.8 Å². The Kier molecular flexibility index (Phi) is 40.5. The van der Waals surface area contributed by atoms with Crippen LogP contribution in [0.3, 0.4) is 0 Å². The molecule has 0 aliphatic rings. The maximum Gasteiger partial charge on any atom is 0.472 e. The second-order valence-electron chi connectivity index (χ2n) is 17.0. The molecule has 4 atom stereocenters. The van der Waals surface area contributed by atoms with E-state index in [-0.39, 0.29) is 26.0 Å². The summed E-state index contributed by atoms with van der Waals surface area (Å²) in [4.78, 5) is 71.4. The summed E-state index contributed by atoms with van der Waals surface area (Å²) >= 11 is 0. The minimum Gasteiger partial charge on any atom is -0.462 e. The van der Waals surface area contributed by atoms with Gasteiger partial charge in [0.25, 0.3) is 0 Å². The van der Waals surface area contributed by atoms with Crippen molar-refractivity contribution in [3.05, 3.63) is 24.3 Å². The van der Waals surface area contributed by atoms with E-state index in [9.17, 15) is 33.4 Å². The van der Waals surface area contributed by atoms with Gasteiger partial charge in [-0.2, -0.15) is 0 Å². The van der Waals surface area contributed by atoms with Crippen LogP contribution in [0.15, 0.2) is 24.3 Å². The third kappa shape index (κ3) is 40.4. The zero-order chi connectivity index (χ0) is 47.5. The van der Waals surface area contributed by atoms with Gasteiger partial charge in [0.2, 0.25) is 17.7 Å². The van der Waals surface area contributed by atoms with Crippen molar-refractivity contribution in [2.45, 2.75) is 233 Å². The van der Waals surface area contributed by atoms with E-state index in [2.05, 4.69) is 54.1 Å². The van der Waals surface area contributed by atoms with E-state index in [0.717, 1.165) is 77.0 Å². The summed E-state index contributed by atoms with van der Waals surface area (Å²) < 4.78 is 33.7. The van der Waals surface area contributed by atoms with Gasteiger partial charge >= 0.3 is 19.8 Å². The van der Waals surface area contributed by atoms with Crippen LogP contribution in [-0.4, -0.2) is 79.1 Å². The molecule has 0 heterocycles. The van der Waals surface area contributed by atoms with Gasteiger partial charge in [-0.1, -0.05) is 141 Å². The van der Waals surface area contributed by atoms with Crippen molar-refractivity contribution in [3.8, 4) is 0 Å². The van der Waals surface area contributed by atoms with E-state index in [1.165, 1.54) is 97.8 Å². The molecule has 0 aromatic rings. The highest BCUT2D eigenvalue weighted by Gasteiger charge is 2.27. The number of ether oxygens (including phenoxy) is 2. The maximum atomic E-state index is 12.8. The zero-order valence-electron chi connectivity index (χ0n) is 40.6. The fourth-order valence-corrected chi connectivity index (χ4v) is 7.53. The van der Waals surface area contributed by atoms with Crippen molar-refractivity contribution in [2.24, 2.45) is 0 Å². The van der Waals surface area contributed by atoms with Crippen LogP contribution in [0.25, 0.3) is 0 Å². The number of carbonyl (C=O) groups excluding carboxylic acids is 5. The molecule has 0 aliphatic heterocycles. The number of carbonyl (C=O) groups is 5. The summed E-state index contributed by atoms with van der Waals surface area (Å²) in [6.07, 6.45) is 37.9. The molecule has 0 aromatic carbocycles.